The van der Waals surface area contributed by atoms with Gasteiger partial charge in [-0.05, 0) is 25.7 Å². The molecule has 0 fully saturated rings. The van der Waals surface area contributed by atoms with Gasteiger partial charge in [0.25, 0.3) is 0 Å². The number of aromatic nitrogens is 5. The van der Waals surface area contributed by atoms with Gasteiger partial charge in [0.05, 0.1) is 18.4 Å². The molecule has 27 heavy (non-hydrogen) atoms. The van der Waals surface area contributed by atoms with Crippen LogP contribution in [0.3, 0.4) is 0 Å². The Balaban J connectivity index is 1.54. The van der Waals surface area contributed by atoms with Crippen molar-refractivity contribution in [3.8, 4) is 10.7 Å². The topological polar surface area (TPSA) is 76.5 Å². The zero-order valence-corrected chi connectivity index (χ0v) is 14.9. The van der Waals surface area contributed by atoms with Crippen molar-refractivity contribution in [2.75, 3.05) is 5.32 Å². The third kappa shape index (κ3) is 3.90. The lowest BCUT2D eigenvalue weighted by Gasteiger charge is -2.20. The number of halogens is 3. The highest BCUT2D eigenvalue weighted by Crippen LogP contribution is 2.35. The van der Waals surface area contributed by atoms with Crippen LogP contribution in [0.25, 0.3) is 10.7 Å². The van der Waals surface area contributed by atoms with Crippen LogP contribution in [0.2, 0.25) is 0 Å². The number of fused-ring (bicyclic) bond motifs is 1. The van der Waals surface area contributed by atoms with E-state index >= 15 is 0 Å². The summed E-state index contributed by atoms with van der Waals surface area (Å²) in [7, 11) is 0. The molecule has 0 saturated heterocycles. The first-order valence-electron chi connectivity index (χ1n) is 8.42. The molecular weight excluding hydrogens is 377 g/mol. The first kappa shape index (κ1) is 17.8. The number of nitrogens with zero attached hydrogens (tertiary/aromatic N) is 5. The first-order chi connectivity index (χ1) is 13.0. The van der Waals surface area contributed by atoms with E-state index in [1.807, 2.05) is 5.38 Å². The minimum Gasteiger partial charge on any atom is -0.349 e. The normalized spacial score (nSPS) is 14.0. The smallest absolute Gasteiger partial charge is 0.349 e. The van der Waals surface area contributed by atoms with Crippen LogP contribution in [0.15, 0.2) is 24.0 Å². The molecule has 6 nitrogen and oxygen atoms in total. The molecule has 0 amide bonds. The Morgan fingerprint density at radius 1 is 1.07 bits per heavy atom. The van der Waals surface area contributed by atoms with E-state index in [9.17, 15) is 13.2 Å². The molecule has 1 N–H and O–H groups in total. The summed E-state index contributed by atoms with van der Waals surface area (Å²) < 4.78 is 40.1. The molecule has 3 aromatic rings. The van der Waals surface area contributed by atoms with Crippen LogP contribution in [0.5, 0.6) is 0 Å². The van der Waals surface area contributed by atoms with Gasteiger partial charge in [0.2, 0.25) is 5.95 Å². The molecule has 140 valence electrons. The highest BCUT2D eigenvalue weighted by molar-refractivity contribution is 7.13. The Morgan fingerprint density at radius 3 is 2.70 bits per heavy atom. The van der Waals surface area contributed by atoms with Crippen LogP contribution < -0.4 is 5.32 Å². The predicted molar refractivity (Wildman–Crippen MR) is 94.1 cm³/mol. The minimum absolute atomic E-state index is 0.0166. The van der Waals surface area contributed by atoms with E-state index in [-0.39, 0.29) is 18.1 Å². The van der Waals surface area contributed by atoms with Crippen molar-refractivity contribution in [3.63, 3.8) is 0 Å². The van der Waals surface area contributed by atoms with Crippen molar-refractivity contribution >= 4 is 17.3 Å². The molecule has 4 rings (SSSR count). The van der Waals surface area contributed by atoms with E-state index in [1.165, 1.54) is 11.3 Å². The second-order valence-electron chi connectivity index (χ2n) is 6.11. The maximum atomic E-state index is 13.4. The Kier molecular flexibility index (Phi) is 4.73. The molecule has 0 unspecified atom stereocenters. The summed E-state index contributed by atoms with van der Waals surface area (Å²) >= 11 is 1.39. The lowest BCUT2D eigenvalue weighted by atomic mass is 9.94. The fourth-order valence-corrected chi connectivity index (χ4v) is 3.77. The minimum atomic E-state index is -4.49. The van der Waals surface area contributed by atoms with Crippen molar-refractivity contribution in [3.05, 3.63) is 46.6 Å². The average molecular weight is 392 g/mol. The van der Waals surface area contributed by atoms with E-state index in [2.05, 4.69) is 30.2 Å². The number of nitrogens with one attached hydrogen (secondary N) is 1. The number of aryl methyl sites for hydroxylation is 1. The average Bonchev–Trinajstić information content (AvgIpc) is 3.15. The number of hydrogen-bond donors (Lipinski definition) is 1. The Morgan fingerprint density at radius 2 is 1.93 bits per heavy atom. The molecule has 1 aliphatic carbocycles. The van der Waals surface area contributed by atoms with Gasteiger partial charge in [-0.1, -0.05) is 0 Å². The summed E-state index contributed by atoms with van der Waals surface area (Å²) in [5.41, 5.74) is 1.23. The zero-order valence-electron chi connectivity index (χ0n) is 14.1. The van der Waals surface area contributed by atoms with E-state index in [0.29, 0.717) is 34.9 Å². The molecule has 3 aromatic heterocycles. The highest BCUT2D eigenvalue weighted by atomic mass is 32.1. The second-order valence-corrected chi connectivity index (χ2v) is 6.97. The summed E-state index contributed by atoms with van der Waals surface area (Å²) in [4.78, 5) is 20.7. The number of thiazole rings is 1. The fourth-order valence-electron chi connectivity index (χ4n) is 2.99. The third-order valence-electron chi connectivity index (χ3n) is 4.21. The molecule has 0 aliphatic heterocycles. The fraction of sp³-hybridized carbons (Fsp3) is 0.353. The third-order valence-corrected chi connectivity index (χ3v) is 5.13. The van der Waals surface area contributed by atoms with E-state index in [0.717, 1.165) is 12.8 Å². The molecule has 3 heterocycles. The van der Waals surface area contributed by atoms with Gasteiger partial charge in [-0.15, -0.1) is 11.3 Å². The van der Waals surface area contributed by atoms with Crippen LogP contribution in [-0.4, -0.2) is 24.9 Å². The zero-order chi connectivity index (χ0) is 18.9. The summed E-state index contributed by atoms with van der Waals surface area (Å²) in [6.45, 7) is 0.229. The van der Waals surface area contributed by atoms with E-state index < -0.39 is 11.9 Å². The molecule has 10 heteroatoms. The molecule has 0 atom stereocenters. The van der Waals surface area contributed by atoms with Gasteiger partial charge in [0.1, 0.15) is 10.7 Å². The van der Waals surface area contributed by atoms with Crippen LogP contribution in [-0.2, 0) is 25.6 Å². The standard InChI is InChI=1S/C17H15F3N6S/c18-17(19,20)14-11-3-1-2-4-12(11)25-16(26-14)23-7-10-9-27-15(24-10)13-8-21-5-6-22-13/h5-6,8-9H,1-4,7H2,(H,23,25,26). The maximum absolute atomic E-state index is 13.4. The Hall–Kier alpha value is -2.62. The molecule has 0 radical (unpaired) electrons. The van der Waals surface area contributed by atoms with E-state index in [1.54, 1.807) is 18.6 Å². The molecule has 1 aliphatic rings. The lowest BCUT2D eigenvalue weighted by Crippen LogP contribution is -2.20. The van der Waals surface area contributed by atoms with Crippen molar-refractivity contribution in [2.24, 2.45) is 0 Å². The first-order valence-corrected chi connectivity index (χ1v) is 9.30. The summed E-state index contributed by atoms with van der Waals surface area (Å²) in [5.74, 6) is -0.0166. The van der Waals surface area contributed by atoms with Crippen LogP contribution in [0, 0.1) is 0 Å². The van der Waals surface area contributed by atoms with Gasteiger partial charge in [-0.3, -0.25) is 9.97 Å². The molecule has 0 saturated carbocycles. The monoisotopic (exact) mass is 392 g/mol. The molecule has 0 spiro atoms. The highest BCUT2D eigenvalue weighted by Gasteiger charge is 2.37. The lowest BCUT2D eigenvalue weighted by molar-refractivity contribution is -0.142. The van der Waals surface area contributed by atoms with Crippen LogP contribution in [0.1, 0.15) is 35.5 Å². The van der Waals surface area contributed by atoms with Crippen LogP contribution >= 0.6 is 11.3 Å². The number of rotatable bonds is 4. The van der Waals surface area contributed by atoms with Crippen molar-refractivity contribution < 1.29 is 13.2 Å². The van der Waals surface area contributed by atoms with Gasteiger partial charge < -0.3 is 5.32 Å². The molecule has 0 aromatic carbocycles. The molecule has 0 bridgehead atoms. The largest absolute Gasteiger partial charge is 0.433 e. The van der Waals surface area contributed by atoms with E-state index in [4.69, 9.17) is 0 Å². The number of anilines is 1. The van der Waals surface area contributed by atoms with Gasteiger partial charge in [-0.2, -0.15) is 13.2 Å². The predicted octanol–water partition coefficient (Wildman–Crippen LogP) is 3.90. The summed E-state index contributed by atoms with van der Waals surface area (Å²) in [6, 6.07) is 0. The summed E-state index contributed by atoms with van der Waals surface area (Å²) in [5, 5.41) is 5.39. The van der Waals surface area contributed by atoms with Crippen molar-refractivity contribution in [1.82, 2.24) is 24.9 Å². The van der Waals surface area contributed by atoms with Crippen molar-refractivity contribution in [1.29, 1.82) is 0 Å². The number of alkyl halides is 3. The maximum Gasteiger partial charge on any atom is 0.433 e. The Bertz CT molecular complexity index is 942. The van der Waals surface area contributed by atoms with Gasteiger partial charge in [0.15, 0.2) is 5.69 Å². The van der Waals surface area contributed by atoms with Gasteiger partial charge in [-0.25, -0.2) is 15.0 Å². The summed E-state index contributed by atoms with van der Waals surface area (Å²) in [6.07, 6.45) is 2.77. The van der Waals surface area contributed by atoms with Gasteiger partial charge >= 0.3 is 6.18 Å². The Labute approximate surface area is 157 Å². The van der Waals surface area contributed by atoms with Gasteiger partial charge in [0, 0.05) is 29.0 Å². The second kappa shape index (κ2) is 7.18. The SMILES string of the molecule is FC(F)(F)c1nc(NCc2csc(-c3cnccn3)n2)nc2c1CCCC2. The molecular formula is C17H15F3N6S. The van der Waals surface area contributed by atoms with Crippen molar-refractivity contribution in [2.45, 2.75) is 38.4 Å². The van der Waals surface area contributed by atoms with Crippen LogP contribution in [0.4, 0.5) is 19.1 Å². The quantitative estimate of drug-likeness (QED) is 0.726. The number of hydrogen-bond acceptors (Lipinski definition) is 7.